The summed E-state index contributed by atoms with van der Waals surface area (Å²) < 4.78 is 66.1. The standard InChI is InChI=1S/C18H23F3N2O5S2/c1-29-11-8-14(17(25)26)22-16(24)12-6-9-23(10-7-12)30(27,28)15-5-3-2-4-13(15)18(19,20)21/h2-5,12,14H,6-11H2,1H3,(H,22,24)(H,25,26)/t14-/m1/s1. The number of nitrogens with one attached hydrogen (secondary N) is 1. The molecule has 168 valence electrons. The molecule has 0 aliphatic carbocycles. The largest absolute Gasteiger partial charge is 0.480 e. The van der Waals surface area contributed by atoms with E-state index in [0.29, 0.717) is 11.8 Å². The van der Waals surface area contributed by atoms with Crippen molar-refractivity contribution in [2.45, 2.75) is 36.4 Å². The van der Waals surface area contributed by atoms with Crippen LogP contribution in [0.2, 0.25) is 0 Å². The maximum Gasteiger partial charge on any atom is 0.417 e. The summed E-state index contributed by atoms with van der Waals surface area (Å²) in [6.07, 6.45) is -2.57. The van der Waals surface area contributed by atoms with Gasteiger partial charge in [-0.25, -0.2) is 13.2 Å². The highest BCUT2D eigenvalue weighted by atomic mass is 32.2. The number of alkyl halides is 3. The molecule has 2 N–H and O–H groups in total. The second-order valence-electron chi connectivity index (χ2n) is 6.85. The summed E-state index contributed by atoms with van der Waals surface area (Å²) in [4.78, 5) is 22.8. The average molecular weight is 469 g/mol. The first kappa shape index (κ1) is 24.5. The first-order chi connectivity index (χ1) is 14.0. The zero-order valence-electron chi connectivity index (χ0n) is 16.2. The minimum atomic E-state index is -4.81. The Morgan fingerprint density at radius 3 is 2.40 bits per heavy atom. The summed E-state index contributed by atoms with van der Waals surface area (Å²) >= 11 is 1.45. The number of hydrogen-bond acceptors (Lipinski definition) is 5. The number of aliphatic carboxylic acids is 1. The van der Waals surface area contributed by atoms with Crippen molar-refractivity contribution in [2.75, 3.05) is 25.1 Å². The van der Waals surface area contributed by atoms with E-state index < -0.39 is 50.5 Å². The Morgan fingerprint density at radius 2 is 1.87 bits per heavy atom. The van der Waals surface area contributed by atoms with Crippen molar-refractivity contribution in [1.29, 1.82) is 0 Å². The predicted octanol–water partition coefficient (Wildman–Crippen LogP) is 2.43. The lowest BCUT2D eigenvalue weighted by atomic mass is 9.96. The van der Waals surface area contributed by atoms with E-state index in [4.69, 9.17) is 0 Å². The van der Waals surface area contributed by atoms with Gasteiger partial charge in [-0.2, -0.15) is 29.2 Å². The van der Waals surface area contributed by atoms with Crippen LogP contribution in [0.1, 0.15) is 24.8 Å². The number of carbonyl (C=O) groups excluding carboxylic acids is 1. The molecule has 2 rings (SSSR count). The molecule has 1 fully saturated rings. The molecule has 1 aromatic carbocycles. The third-order valence-corrected chi connectivity index (χ3v) is 7.46. The van der Waals surface area contributed by atoms with E-state index >= 15 is 0 Å². The highest BCUT2D eigenvalue weighted by molar-refractivity contribution is 7.98. The number of halogens is 3. The molecule has 1 aliphatic rings. The van der Waals surface area contributed by atoms with Crippen molar-refractivity contribution >= 4 is 33.7 Å². The van der Waals surface area contributed by atoms with Crippen molar-refractivity contribution in [2.24, 2.45) is 5.92 Å². The van der Waals surface area contributed by atoms with Crippen LogP contribution in [-0.2, 0) is 25.8 Å². The van der Waals surface area contributed by atoms with E-state index in [1.807, 2.05) is 6.26 Å². The number of sulfonamides is 1. The van der Waals surface area contributed by atoms with Gasteiger partial charge in [-0.05, 0) is 43.4 Å². The number of benzene rings is 1. The Kier molecular flexibility index (Phi) is 8.17. The quantitative estimate of drug-likeness (QED) is 0.607. The van der Waals surface area contributed by atoms with Gasteiger partial charge in [0.2, 0.25) is 15.9 Å². The number of piperidine rings is 1. The number of nitrogens with zero attached hydrogens (tertiary/aromatic N) is 1. The van der Waals surface area contributed by atoms with Gasteiger partial charge in [0, 0.05) is 19.0 Å². The summed E-state index contributed by atoms with van der Waals surface area (Å²) in [5, 5.41) is 11.7. The summed E-state index contributed by atoms with van der Waals surface area (Å²) in [5.74, 6) is -1.70. The van der Waals surface area contributed by atoms with Gasteiger partial charge in [0.25, 0.3) is 0 Å². The molecule has 7 nitrogen and oxygen atoms in total. The lowest BCUT2D eigenvalue weighted by Gasteiger charge is -2.31. The molecule has 0 aromatic heterocycles. The molecule has 1 amide bonds. The third kappa shape index (κ3) is 5.88. The van der Waals surface area contributed by atoms with Gasteiger partial charge in [-0.15, -0.1) is 0 Å². The number of amides is 1. The van der Waals surface area contributed by atoms with Crippen molar-refractivity contribution in [1.82, 2.24) is 9.62 Å². The summed E-state index contributed by atoms with van der Waals surface area (Å²) in [6, 6.07) is 2.94. The molecule has 1 atom stereocenters. The van der Waals surface area contributed by atoms with Gasteiger partial charge in [0.1, 0.15) is 6.04 Å². The van der Waals surface area contributed by atoms with Crippen LogP contribution in [0.5, 0.6) is 0 Å². The monoisotopic (exact) mass is 468 g/mol. The fraction of sp³-hybridized carbons (Fsp3) is 0.556. The molecule has 0 spiro atoms. The lowest BCUT2D eigenvalue weighted by molar-refractivity contribution is -0.142. The summed E-state index contributed by atoms with van der Waals surface area (Å²) in [6.45, 7) is -0.260. The van der Waals surface area contributed by atoms with Crippen LogP contribution >= 0.6 is 11.8 Å². The van der Waals surface area contributed by atoms with Gasteiger partial charge in [0.15, 0.2) is 0 Å². The maximum absolute atomic E-state index is 13.2. The van der Waals surface area contributed by atoms with Crippen LogP contribution in [0.3, 0.4) is 0 Å². The summed E-state index contributed by atoms with van der Waals surface area (Å²) in [7, 11) is -4.39. The fourth-order valence-electron chi connectivity index (χ4n) is 3.21. The van der Waals surface area contributed by atoms with Crippen LogP contribution in [0.25, 0.3) is 0 Å². The average Bonchev–Trinajstić information content (AvgIpc) is 2.70. The first-order valence-electron chi connectivity index (χ1n) is 9.17. The molecule has 1 aliphatic heterocycles. The molecule has 0 saturated carbocycles. The Hall–Kier alpha value is -1.79. The highest BCUT2D eigenvalue weighted by Gasteiger charge is 2.40. The molecule has 12 heteroatoms. The molecule has 1 heterocycles. The van der Waals surface area contributed by atoms with Crippen LogP contribution in [0, 0.1) is 5.92 Å². The fourth-order valence-corrected chi connectivity index (χ4v) is 5.36. The van der Waals surface area contributed by atoms with Gasteiger partial charge in [0.05, 0.1) is 10.5 Å². The van der Waals surface area contributed by atoms with Gasteiger partial charge >= 0.3 is 12.1 Å². The van der Waals surface area contributed by atoms with Gasteiger partial charge in [-0.1, -0.05) is 12.1 Å². The second kappa shape index (κ2) is 10.0. The summed E-state index contributed by atoms with van der Waals surface area (Å²) in [5.41, 5.74) is -1.23. The van der Waals surface area contributed by atoms with Crippen LogP contribution in [-0.4, -0.2) is 60.8 Å². The SMILES string of the molecule is CSCC[C@@H](NC(=O)C1CCN(S(=O)(=O)c2ccccc2C(F)(F)F)CC1)C(=O)O. The number of hydrogen-bond donors (Lipinski definition) is 2. The Bertz CT molecular complexity index is 869. The smallest absolute Gasteiger partial charge is 0.417 e. The van der Waals surface area contributed by atoms with Crippen LogP contribution < -0.4 is 5.32 Å². The normalized spacial score (nSPS) is 17.5. The predicted molar refractivity (Wildman–Crippen MR) is 105 cm³/mol. The maximum atomic E-state index is 13.2. The first-order valence-corrected chi connectivity index (χ1v) is 12.0. The Labute approximate surface area is 177 Å². The molecule has 0 unspecified atom stereocenters. The molecule has 0 bridgehead atoms. The van der Waals surface area contributed by atoms with Crippen LogP contribution in [0.15, 0.2) is 29.2 Å². The second-order valence-corrected chi connectivity index (χ2v) is 9.75. The Morgan fingerprint density at radius 1 is 1.27 bits per heavy atom. The van der Waals surface area contributed by atoms with Crippen molar-refractivity contribution < 1.29 is 36.3 Å². The third-order valence-electron chi connectivity index (χ3n) is 4.86. The zero-order valence-corrected chi connectivity index (χ0v) is 17.8. The van der Waals surface area contributed by atoms with Crippen molar-refractivity contribution in [3.8, 4) is 0 Å². The molecule has 1 saturated heterocycles. The molecule has 30 heavy (non-hydrogen) atoms. The van der Waals surface area contributed by atoms with E-state index in [9.17, 15) is 36.3 Å². The zero-order chi connectivity index (χ0) is 22.5. The van der Waals surface area contributed by atoms with E-state index in [1.54, 1.807) is 0 Å². The topological polar surface area (TPSA) is 104 Å². The van der Waals surface area contributed by atoms with E-state index in [2.05, 4.69) is 5.32 Å². The van der Waals surface area contributed by atoms with E-state index in [0.717, 1.165) is 16.4 Å². The number of carbonyl (C=O) groups is 2. The number of thioether (sulfide) groups is 1. The molecular formula is C18H23F3N2O5S2. The van der Waals surface area contributed by atoms with E-state index in [-0.39, 0.29) is 32.4 Å². The minimum absolute atomic E-state index is 0.0914. The molecule has 1 aromatic rings. The van der Waals surface area contributed by atoms with Gasteiger partial charge in [-0.3, -0.25) is 4.79 Å². The molecular weight excluding hydrogens is 445 g/mol. The van der Waals surface area contributed by atoms with Crippen LogP contribution in [0.4, 0.5) is 13.2 Å². The highest BCUT2D eigenvalue weighted by Crippen LogP contribution is 2.36. The van der Waals surface area contributed by atoms with E-state index in [1.165, 1.54) is 17.8 Å². The number of rotatable bonds is 8. The van der Waals surface area contributed by atoms with Crippen molar-refractivity contribution in [3.05, 3.63) is 29.8 Å². The van der Waals surface area contributed by atoms with Gasteiger partial charge < -0.3 is 10.4 Å². The Balaban J connectivity index is 2.07. The molecule has 0 radical (unpaired) electrons. The van der Waals surface area contributed by atoms with Crippen molar-refractivity contribution in [3.63, 3.8) is 0 Å². The lowest BCUT2D eigenvalue weighted by Crippen LogP contribution is -2.47. The number of carboxylic acids is 1. The minimum Gasteiger partial charge on any atom is -0.480 e. The number of carboxylic acid groups (broad SMARTS) is 1.